The normalized spacial score (nSPS) is 12.9. The standard InChI is InChI=1S/C20H14ClN3O4S/c21-17-12-3-1-2-4-15(12)29-18(17)19(25)22-20-24-23-16(28-20)10-11-5-6-13-14(9-11)27-8-7-26-13/h1-6,9H,7-8,10H2,(H,22,24,25). The van der Waals surface area contributed by atoms with Gasteiger partial charge in [0, 0.05) is 10.1 Å². The molecule has 4 aromatic rings. The van der Waals surface area contributed by atoms with E-state index < -0.39 is 0 Å². The largest absolute Gasteiger partial charge is 0.486 e. The van der Waals surface area contributed by atoms with Crippen molar-refractivity contribution in [1.82, 2.24) is 10.2 Å². The number of halogens is 1. The smallest absolute Gasteiger partial charge is 0.322 e. The Morgan fingerprint density at radius 2 is 1.93 bits per heavy atom. The van der Waals surface area contributed by atoms with Gasteiger partial charge in [-0.05, 0) is 23.8 Å². The van der Waals surface area contributed by atoms with Crippen LogP contribution < -0.4 is 14.8 Å². The highest BCUT2D eigenvalue weighted by atomic mass is 35.5. The molecule has 29 heavy (non-hydrogen) atoms. The van der Waals surface area contributed by atoms with Gasteiger partial charge < -0.3 is 13.9 Å². The average molecular weight is 428 g/mol. The van der Waals surface area contributed by atoms with Crippen molar-refractivity contribution >= 4 is 44.9 Å². The van der Waals surface area contributed by atoms with Crippen LogP contribution in [0.15, 0.2) is 46.9 Å². The molecule has 146 valence electrons. The lowest BCUT2D eigenvalue weighted by atomic mass is 10.1. The van der Waals surface area contributed by atoms with Gasteiger partial charge in [0.2, 0.25) is 5.89 Å². The number of ether oxygens (including phenoxy) is 2. The molecular formula is C20H14ClN3O4S. The number of rotatable bonds is 4. The number of aromatic nitrogens is 2. The van der Waals surface area contributed by atoms with Crippen molar-refractivity contribution in [3.63, 3.8) is 0 Å². The zero-order chi connectivity index (χ0) is 19.8. The third kappa shape index (κ3) is 3.52. The molecule has 1 aliphatic heterocycles. The van der Waals surface area contributed by atoms with Gasteiger partial charge in [-0.25, -0.2) is 0 Å². The summed E-state index contributed by atoms with van der Waals surface area (Å²) >= 11 is 7.66. The predicted molar refractivity (Wildman–Crippen MR) is 109 cm³/mol. The van der Waals surface area contributed by atoms with E-state index in [0.29, 0.717) is 41.2 Å². The second-order valence-electron chi connectivity index (χ2n) is 6.35. The van der Waals surface area contributed by atoms with Gasteiger partial charge in [0.15, 0.2) is 11.5 Å². The molecule has 1 aliphatic rings. The Bertz CT molecular complexity index is 1220. The monoisotopic (exact) mass is 427 g/mol. The number of hydrogen-bond acceptors (Lipinski definition) is 7. The first-order valence-electron chi connectivity index (χ1n) is 8.86. The van der Waals surface area contributed by atoms with Crippen molar-refractivity contribution in [2.24, 2.45) is 0 Å². The van der Waals surface area contributed by atoms with Crippen molar-refractivity contribution in [3.8, 4) is 11.5 Å². The number of nitrogens with zero attached hydrogens (tertiary/aromatic N) is 2. The predicted octanol–water partition coefficient (Wildman–Crippen LogP) is 4.55. The first-order valence-corrected chi connectivity index (χ1v) is 10.1. The van der Waals surface area contributed by atoms with Crippen LogP contribution in [0.5, 0.6) is 11.5 Å². The molecular weight excluding hydrogens is 414 g/mol. The molecule has 0 saturated heterocycles. The second-order valence-corrected chi connectivity index (χ2v) is 7.78. The van der Waals surface area contributed by atoms with Crippen LogP contribution >= 0.6 is 22.9 Å². The van der Waals surface area contributed by atoms with E-state index in [4.69, 9.17) is 25.5 Å². The molecule has 0 spiro atoms. The number of carbonyl (C=O) groups is 1. The molecule has 0 atom stereocenters. The highest BCUT2D eigenvalue weighted by molar-refractivity contribution is 7.21. The summed E-state index contributed by atoms with van der Waals surface area (Å²) in [6.07, 6.45) is 0.406. The van der Waals surface area contributed by atoms with E-state index >= 15 is 0 Å². The van der Waals surface area contributed by atoms with Crippen LogP contribution in [0.1, 0.15) is 21.1 Å². The van der Waals surface area contributed by atoms with Crippen LogP contribution in [0.25, 0.3) is 10.1 Å². The summed E-state index contributed by atoms with van der Waals surface area (Å²) in [6.45, 7) is 1.07. The van der Waals surface area contributed by atoms with Crippen LogP contribution in [-0.4, -0.2) is 29.3 Å². The van der Waals surface area contributed by atoms with Crippen LogP contribution in [0.4, 0.5) is 6.01 Å². The first-order chi connectivity index (χ1) is 14.2. The Morgan fingerprint density at radius 1 is 1.10 bits per heavy atom. The van der Waals surface area contributed by atoms with Gasteiger partial charge in [-0.3, -0.25) is 10.1 Å². The number of nitrogens with one attached hydrogen (secondary N) is 1. The van der Waals surface area contributed by atoms with E-state index in [2.05, 4.69) is 15.5 Å². The van der Waals surface area contributed by atoms with E-state index in [1.807, 2.05) is 42.5 Å². The molecule has 1 amide bonds. The number of carbonyl (C=O) groups excluding carboxylic acids is 1. The molecule has 0 fully saturated rings. The van der Waals surface area contributed by atoms with Crippen LogP contribution in [0.3, 0.4) is 0 Å². The van der Waals surface area contributed by atoms with Gasteiger partial charge in [0.25, 0.3) is 5.91 Å². The number of thiophene rings is 1. The summed E-state index contributed by atoms with van der Waals surface area (Å²) in [4.78, 5) is 13.0. The lowest BCUT2D eigenvalue weighted by Crippen LogP contribution is -2.15. The number of hydrogen-bond donors (Lipinski definition) is 1. The summed E-state index contributed by atoms with van der Waals surface area (Å²) in [5, 5.41) is 11.8. The zero-order valence-electron chi connectivity index (χ0n) is 15.0. The summed E-state index contributed by atoms with van der Waals surface area (Å²) in [7, 11) is 0. The molecule has 0 saturated carbocycles. The van der Waals surface area contributed by atoms with Crippen molar-refractivity contribution in [2.45, 2.75) is 6.42 Å². The van der Waals surface area contributed by atoms with E-state index in [0.717, 1.165) is 21.4 Å². The molecule has 0 aliphatic carbocycles. The Balaban J connectivity index is 1.31. The van der Waals surface area contributed by atoms with Gasteiger partial charge in [0.05, 0.1) is 11.4 Å². The van der Waals surface area contributed by atoms with Gasteiger partial charge in [-0.1, -0.05) is 41.0 Å². The SMILES string of the molecule is O=C(Nc1nnc(Cc2ccc3c(c2)OCCO3)o1)c1sc2ccccc2c1Cl. The third-order valence-electron chi connectivity index (χ3n) is 4.39. The summed E-state index contributed by atoms with van der Waals surface area (Å²) in [5.74, 6) is 1.41. The number of amides is 1. The molecule has 0 bridgehead atoms. The van der Waals surface area contributed by atoms with E-state index in [-0.39, 0.29) is 11.9 Å². The quantitative estimate of drug-likeness (QED) is 0.514. The van der Waals surface area contributed by atoms with Crippen molar-refractivity contribution in [2.75, 3.05) is 18.5 Å². The average Bonchev–Trinajstić information content (AvgIpc) is 3.32. The van der Waals surface area contributed by atoms with E-state index in [9.17, 15) is 4.79 Å². The van der Waals surface area contributed by atoms with Crippen LogP contribution in [-0.2, 0) is 6.42 Å². The fourth-order valence-corrected chi connectivity index (χ4v) is 4.47. The fraction of sp³-hybridized carbons (Fsp3) is 0.150. The summed E-state index contributed by atoms with van der Waals surface area (Å²) in [6, 6.07) is 13.2. The Morgan fingerprint density at radius 3 is 2.79 bits per heavy atom. The van der Waals surface area contributed by atoms with Crippen molar-refractivity contribution in [3.05, 3.63) is 63.8 Å². The third-order valence-corrected chi connectivity index (χ3v) is 6.06. The molecule has 5 rings (SSSR count). The zero-order valence-corrected chi connectivity index (χ0v) is 16.5. The minimum atomic E-state index is -0.384. The first kappa shape index (κ1) is 18.0. The highest BCUT2D eigenvalue weighted by Crippen LogP contribution is 2.35. The Hall–Kier alpha value is -3.10. The van der Waals surface area contributed by atoms with Gasteiger partial charge >= 0.3 is 6.01 Å². The van der Waals surface area contributed by atoms with Crippen molar-refractivity contribution in [1.29, 1.82) is 0 Å². The lowest BCUT2D eigenvalue weighted by Gasteiger charge is -2.18. The number of benzene rings is 2. The lowest BCUT2D eigenvalue weighted by molar-refractivity contribution is 0.102. The van der Waals surface area contributed by atoms with Crippen LogP contribution in [0.2, 0.25) is 5.02 Å². The molecule has 9 heteroatoms. The van der Waals surface area contributed by atoms with Crippen LogP contribution in [0, 0.1) is 0 Å². The minimum Gasteiger partial charge on any atom is -0.486 e. The number of fused-ring (bicyclic) bond motifs is 2. The topological polar surface area (TPSA) is 86.5 Å². The molecule has 0 unspecified atom stereocenters. The fourth-order valence-electron chi connectivity index (χ4n) is 3.06. The molecule has 7 nitrogen and oxygen atoms in total. The maximum absolute atomic E-state index is 12.6. The van der Waals surface area contributed by atoms with Gasteiger partial charge in [-0.15, -0.1) is 16.4 Å². The molecule has 1 N–H and O–H groups in total. The summed E-state index contributed by atoms with van der Waals surface area (Å²) < 4.78 is 17.6. The second kappa shape index (κ2) is 7.38. The van der Waals surface area contributed by atoms with E-state index in [1.54, 1.807) is 0 Å². The maximum atomic E-state index is 12.6. The maximum Gasteiger partial charge on any atom is 0.322 e. The molecule has 2 aromatic heterocycles. The highest BCUT2D eigenvalue weighted by Gasteiger charge is 2.19. The minimum absolute atomic E-state index is 0.0241. The Kier molecular flexibility index (Phi) is 4.57. The van der Waals surface area contributed by atoms with Gasteiger partial charge in [0.1, 0.15) is 18.1 Å². The Labute approximate surface area is 174 Å². The van der Waals surface area contributed by atoms with E-state index in [1.165, 1.54) is 11.3 Å². The molecule has 3 heterocycles. The summed E-state index contributed by atoms with van der Waals surface area (Å²) in [5.41, 5.74) is 0.934. The molecule has 2 aromatic carbocycles. The van der Waals surface area contributed by atoms with Crippen molar-refractivity contribution < 1.29 is 18.7 Å². The van der Waals surface area contributed by atoms with Gasteiger partial charge in [-0.2, -0.15) is 0 Å². The molecule has 0 radical (unpaired) electrons. The number of anilines is 1.